The van der Waals surface area contributed by atoms with Crippen molar-refractivity contribution in [3.8, 4) is 0 Å². The summed E-state index contributed by atoms with van der Waals surface area (Å²) in [5, 5.41) is 7.37. The molecule has 0 amide bonds. The second kappa shape index (κ2) is 5.29. The first-order valence-corrected chi connectivity index (χ1v) is 5.47. The van der Waals surface area contributed by atoms with Gasteiger partial charge in [-0.1, -0.05) is 0 Å². The summed E-state index contributed by atoms with van der Waals surface area (Å²) >= 11 is 0. The lowest BCUT2D eigenvalue weighted by atomic mass is 10.5. The molecule has 0 bridgehead atoms. The molecular weight excluding hydrogens is 216 g/mol. The van der Waals surface area contributed by atoms with Crippen LogP contribution in [0.2, 0.25) is 0 Å². The van der Waals surface area contributed by atoms with Gasteiger partial charge in [-0.2, -0.15) is 10.1 Å². The van der Waals surface area contributed by atoms with Crippen LogP contribution in [-0.4, -0.2) is 40.4 Å². The number of hydrogen-bond donors (Lipinski definition) is 1. The van der Waals surface area contributed by atoms with Gasteiger partial charge in [0.25, 0.3) is 0 Å². The van der Waals surface area contributed by atoms with E-state index in [-0.39, 0.29) is 0 Å². The van der Waals surface area contributed by atoms with Crippen LogP contribution in [-0.2, 0) is 6.54 Å². The minimum atomic E-state index is 0.703. The third-order valence-electron chi connectivity index (χ3n) is 2.25. The Morgan fingerprint density at radius 3 is 2.94 bits per heavy atom. The Hall–Kier alpha value is -2.11. The SMILES string of the molecule is CN(C)c1nccc(NCCn2cccn2)n1. The number of nitrogens with zero attached hydrogens (tertiary/aromatic N) is 5. The maximum Gasteiger partial charge on any atom is 0.226 e. The summed E-state index contributed by atoms with van der Waals surface area (Å²) in [6.07, 6.45) is 5.46. The van der Waals surface area contributed by atoms with E-state index in [4.69, 9.17) is 0 Å². The molecule has 0 aliphatic carbocycles. The first kappa shape index (κ1) is 11.4. The van der Waals surface area contributed by atoms with E-state index in [1.54, 1.807) is 12.4 Å². The highest BCUT2D eigenvalue weighted by molar-refractivity contribution is 5.40. The monoisotopic (exact) mass is 232 g/mol. The molecule has 0 aliphatic heterocycles. The van der Waals surface area contributed by atoms with Crippen LogP contribution < -0.4 is 10.2 Å². The highest BCUT2D eigenvalue weighted by Gasteiger charge is 2.00. The van der Waals surface area contributed by atoms with Crippen molar-refractivity contribution in [1.82, 2.24) is 19.7 Å². The van der Waals surface area contributed by atoms with E-state index < -0.39 is 0 Å². The highest BCUT2D eigenvalue weighted by atomic mass is 15.3. The van der Waals surface area contributed by atoms with Gasteiger partial charge >= 0.3 is 0 Å². The van der Waals surface area contributed by atoms with E-state index in [1.807, 2.05) is 42.0 Å². The zero-order valence-electron chi connectivity index (χ0n) is 10.0. The molecule has 0 spiro atoms. The van der Waals surface area contributed by atoms with Gasteiger partial charge < -0.3 is 10.2 Å². The summed E-state index contributed by atoms with van der Waals surface area (Å²) in [7, 11) is 3.84. The van der Waals surface area contributed by atoms with Gasteiger partial charge in [-0.05, 0) is 12.1 Å². The Morgan fingerprint density at radius 1 is 1.35 bits per heavy atom. The predicted molar refractivity (Wildman–Crippen MR) is 67.1 cm³/mol. The van der Waals surface area contributed by atoms with Gasteiger partial charge in [0.2, 0.25) is 5.95 Å². The molecular formula is C11H16N6. The number of rotatable bonds is 5. The van der Waals surface area contributed by atoms with Crippen molar-refractivity contribution < 1.29 is 0 Å². The topological polar surface area (TPSA) is 58.9 Å². The third kappa shape index (κ3) is 3.17. The molecule has 2 aromatic rings. The van der Waals surface area contributed by atoms with Gasteiger partial charge in [0.1, 0.15) is 5.82 Å². The van der Waals surface area contributed by atoms with Crippen LogP contribution in [0.25, 0.3) is 0 Å². The second-order valence-corrected chi connectivity index (χ2v) is 3.83. The average Bonchev–Trinajstić information content (AvgIpc) is 2.82. The van der Waals surface area contributed by atoms with Crippen LogP contribution in [0.15, 0.2) is 30.7 Å². The van der Waals surface area contributed by atoms with Crippen molar-refractivity contribution in [2.75, 3.05) is 30.9 Å². The number of anilines is 2. The van der Waals surface area contributed by atoms with E-state index in [0.717, 1.165) is 18.9 Å². The maximum atomic E-state index is 4.37. The Kier molecular flexibility index (Phi) is 3.54. The Morgan fingerprint density at radius 2 is 2.24 bits per heavy atom. The van der Waals surface area contributed by atoms with E-state index >= 15 is 0 Å². The highest BCUT2D eigenvalue weighted by Crippen LogP contribution is 2.07. The van der Waals surface area contributed by atoms with Crippen molar-refractivity contribution in [1.29, 1.82) is 0 Å². The molecule has 0 saturated heterocycles. The molecule has 0 aliphatic rings. The molecule has 2 aromatic heterocycles. The third-order valence-corrected chi connectivity index (χ3v) is 2.25. The molecule has 0 radical (unpaired) electrons. The lowest BCUT2D eigenvalue weighted by Gasteiger charge is -2.11. The van der Waals surface area contributed by atoms with Crippen LogP contribution in [0.4, 0.5) is 11.8 Å². The minimum absolute atomic E-state index is 0.703. The second-order valence-electron chi connectivity index (χ2n) is 3.83. The van der Waals surface area contributed by atoms with Gasteiger partial charge in [0.05, 0.1) is 6.54 Å². The Balaban J connectivity index is 1.88. The van der Waals surface area contributed by atoms with Crippen LogP contribution in [0, 0.1) is 0 Å². The lowest BCUT2D eigenvalue weighted by Crippen LogP contribution is -2.15. The fourth-order valence-electron chi connectivity index (χ4n) is 1.39. The van der Waals surface area contributed by atoms with Crippen molar-refractivity contribution in [2.45, 2.75) is 6.54 Å². The van der Waals surface area contributed by atoms with Gasteiger partial charge in [0.15, 0.2) is 0 Å². The molecule has 0 aromatic carbocycles. The first-order chi connectivity index (χ1) is 8.25. The maximum absolute atomic E-state index is 4.37. The van der Waals surface area contributed by atoms with E-state index in [0.29, 0.717) is 5.95 Å². The molecule has 0 atom stereocenters. The standard InChI is InChI=1S/C11H16N6/c1-16(2)11-13-6-4-10(15-11)12-7-9-17-8-3-5-14-17/h3-6,8H,7,9H2,1-2H3,(H,12,13,15). The summed E-state index contributed by atoms with van der Waals surface area (Å²) in [6.45, 7) is 1.60. The number of hydrogen-bond acceptors (Lipinski definition) is 5. The smallest absolute Gasteiger partial charge is 0.226 e. The zero-order valence-corrected chi connectivity index (χ0v) is 10.0. The quantitative estimate of drug-likeness (QED) is 0.828. The Labute approximate surface area is 100 Å². The average molecular weight is 232 g/mol. The molecule has 0 fully saturated rings. The van der Waals surface area contributed by atoms with Crippen LogP contribution >= 0.6 is 0 Å². The van der Waals surface area contributed by atoms with Crippen molar-refractivity contribution >= 4 is 11.8 Å². The minimum Gasteiger partial charge on any atom is -0.368 e. The lowest BCUT2D eigenvalue weighted by molar-refractivity contribution is 0.637. The largest absolute Gasteiger partial charge is 0.368 e. The van der Waals surface area contributed by atoms with Crippen molar-refractivity contribution in [3.63, 3.8) is 0 Å². The molecule has 0 saturated carbocycles. The molecule has 17 heavy (non-hydrogen) atoms. The summed E-state index contributed by atoms with van der Waals surface area (Å²) in [5.74, 6) is 1.53. The summed E-state index contributed by atoms with van der Waals surface area (Å²) in [5.41, 5.74) is 0. The van der Waals surface area contributed by atoms with E-state index in [2.05, 4.69) is 20.4 Å². The molecule has 0 unspecified atom stereocenters. The van der Waals surface area contributed by atoms with Crippen molar-refractivity contribution in [3.05, 3.63) is 30.7 Å². The molecule has 1 N–H and O–H groups in total. The normalized spacial score (nSPS) is 10.2. The summed E-state index contributed by atoms with van der Waals surface area (Å²) in [6, 6.07) is 3.77. The molecule has 6 heteroatoms. The van der Waals surface area contributed by atoms with Gasteiger partial charge in [-0.15, -0.1) is 0 Å². The first-order valence-electron chi connectivity index (χ1n) is 5.47. The summed E-state index contributed by atoms with van der Waals surface area (Å²) in [4.78, 5) is 10.4. The number of nitrogens with one attached hydrogen (secondary N) is 1. The number of aromatic nitrogens is 4. The fraction of sp³-hybridized carbons (Fsp3) is 0.364. The fourth-order valence-corrected chi connectivity index (χ4v) is 1.39. The predicted octanol–water partition coefficient (Wildman–Crippen LogP) is 0.851. The molecule has 2 rings (SSSR count). The van der Waals surface area contributed by atoms with E-state index in [1.165, 1.54) is 0 Å². The van der Waals surface area contributed by atoms with Crippen LogP contribution in [0.3, 0.4) is 0 Å². The van der Waals surface area contributed by atoms with Gasteiger partial charge in [0, 0.05) is 39.2 Å². The van der Waals surface area contributed by atoms with E-state index in [9.17, 15) is 0 Å². The van der Waals surface area contributed by atoms with Gasteiger partial charge in [-0.25, -0.2) is 4.98 Å². The molecule has 6 nitrogen and oxygen atoms in total. The molecule has 2 heterocycles. The van der Waals surface area contributed by atoms with Crippen LogP contribution in [0.1, 0.15) is 0 Å². The Bertz CT molecular complexity index is 451. The van der Waals surface area contributed by atoms with Crippen molar-refractivity contribution in [2.24, 2.45) is 0 Å². The molecule has 90 valence electrons. The zero-order chi connectivity index (χ0) is 12.1. The van der Waals surface area contributed by atoms with Gasteiger partial charge in [-0.3, -0.25) is 4.68 Å². The summed E-state index contributed by atoms with van der Waals surface area (Å²) < 4.78 is 1.88. The van der Waals surface area contributed by atoms with Crippen LogP contribution in [0.5, 0.6) is 0 Å².